The first kappa shape index (κ1) is 62.8. The third-order valence-corrected chi connectivity index (χ3v) is 17.6. The number of ether oxygens (including phenoxy) is 5. The highest BCUT2D eigenvalue weighted by Crippen LogP contribution is 2.36. The Kier molecular flexibility index (Phi) is 21.5. The van der Waals surface area contributed by atoms with Crippen LogP contribution in [-0.4, -0.2) is 145 Å². The van der Waals surface area contributed by atoms with Crippen LogP contribution in [0.15, 0.2) is 73.4 Å². The summed E-state index contributed by atoms with van der Waals surface area (Å²) in [4.78, 5) is 69.4. The van der Waals surface area contributed by atoms with E-state index in [9.17, 15) is 19.2 Å². The predicted octanol–water partition coefficient (Wildman–Crippen LogP) is 10.3. The van der Waals surface area contributed by atoms with E-state index in [2.05, 4.69) is 72.9 Å². The van der Waals surface area contributed by atoms with Crippen molar-refractivity contribution < 1.29 is 42.9 Å². The first-order valence-corrected chi connectivity index (χ1v) is 35.5. The van der Waals surface area contributed by atoms with E-state index >= 15 is 0 Å². The molecule has 0 aliphatic carbocycles. The molecule has 2 N–H and O–H groups in total. The molecule has 2 aliphatic heterocycles. The molecule has 0 saturated carbocycles. The molecule has 2 saturated heterocycles. The lowest BCUT2D eigenvalue weighted by Crippen LogP contribution is -2.57. The van der Waals surface area contributed by atoms with E-state index < -0.39 is 52.1 Å². The Morgan fingerprint density at radius 3 is 1.73 bits per heavy atom. The zero-order chi connectivity index (χ0) is 58.7. The van der Waals surface area contributed by atoms with Crippen LogP contribution in [0.3, 0.4) is 0 Å². The molecule has 0 unspecified atom stereocenters. The Morgan fingerprint density at radius 2 is 1.23 bits per heavy atom. The van der Waals surface area contributed by atoms with Crippen molar-refractivity contribution in [2.24, 2.45) is 11.8 Å². The molecule has 0 radical (unpaired) electrons. The zero-order valence-corrected chi connectivity index (χ0v) is 52.2. The minimum Gasteiger partial charge on any atom is -0.474 e. The minimum absolute atomic E-state index is 0.152. The quantitative estimate of drug-likeness (QED) is 0.0329. The summed E-state index contributed by atoms with van der Waals surface area (Å²) < 4.78 is 32.8. The molecule has 20 heteroatoms. The minimum atomic E-state index is -1.39. The number of piperazine rings is 1. The van der Waals surface area contributed by atoms with Crippen molar-refractivity contribution >= 4 is 40.1 Å². The molecule has 436 valence electrons. The highest BCUT2D eigenvalue weighted by Gasteiger charge is 2.41. The number of imidazole rings is 2. The first-order valence-electron chi connectivity index (χ1n) is 28.1. The number of nitrogens with one attached hydrogen (secondary N) is 2. The fourth-order valence-electron chi connectivity index (χ4n) is 9.60. The Labute approximate surface area is 477 Å². The van der Waals surface area contributed by atoms with Gasteiger partial charge in [0.25, 0.3) is 0 Å². The summed E-state index contributed by atoms with van der Waals surface area (Å²) in [6.07, 6.45) is 4.06. The van der Waals surface area contributed by atoms with Gasteiger partial charge in [-0.2, -0.15) is 0 Å². The molecule has 18 nitrogen and oxygen atoms in total. The van der Waals surface area contributed by atoms with Crippen molar-refractivity contribution in [2.45, 2.75) is 156 Å². The van der Waals surface area contributed by atoms with Gasteiger partial charge in [-0.3, -0.25) is 9.59 Å². The smallest absolute Gasteiger partial charge is 0.407 e. The van der Waals surface area contributed by atoms with E-state index in [0.29, 0.717) is 56.8 Å². The van der Waals surface area contributed by atoms with E-state index in [1.54, 1.807) is 4.90 Å². The topological polar surface area (TPSA) is 184 Å². The molecule has 2 fully saturated rings. The van der Waals surface area contributed by atoms with Gasteiger partial charge >= 0.3 is 12.2 Å². The van der Waals surface area contributed by atoms with Gasteiger partial charge < -0.3 is 58.2 Å². The number of hydrogen-bond donors (Lipinski definition) is 2. The second kappa shape index (κ2) is 27.4. The summed E-state index contributed by atoms with van der Waals surface area (Å²) in [7, 11) is -0.170. The number of nitrogens with zero attached hydrogens (tertiary/aromatic N) is 7. The molecule has 4 aromatic rings. The normalized spacial score (nSPS) is 16.7. The molecule has 80 heavy (non-hydrogen) atoms. The molecular weight excluding hydrogens is 1050 g/mol. The average Bonchev–Trinajstić information content (AvgIpc) is 4.31. The van der Waals surface area contributed by atoms with Crippen molar-refractivity contribution in [3.63, 3.8) is 0 Å². The third kappa shape index (κ3) is 17.3. The molecule has 4 amide bonds. The fourth-order valence-corrected chi connectivity index (χ4v) is 11.1. The summed E-state index contributed by atoms with van der Waals surface area (Å²) in [6.45, 7) is 35.2. The van der Waals surface area contributed by atoms with Gasteiger partial charge in [-0.15, -0.1) is 0 Å². The number of benzene rings is 2. The van der Waals surface area contributed by atoms with Gasteiger partial charge in [0.1, 0.15) is 48.8 Å². The largest absolute Gasteiger partial charge is 0.474 e. The highest BCUT2D eigenvalue weighted by molar-refractivity contribution is 6.76. The second-order valence-electron chi connectivity index (χ2n) is 25.0. The molecule has 2 aromatic carbocycles. The van der Waals surface area contributed by atoms with Crippen molar-refractivity contribution in [1.82, 2.24) is 44.4 Å². The number of amides is 4. The molecule has 2 aliphatic rings. The number of alkyl carbamates (subject to hydrolysis) is 2. The van der Waals surface area contributed by atoms with E-state index in [4.69, 9.17) is 33.7 Å². The van der Waals surface area contributed by atoms with E-state index in [1.807, 2.05) is 124 Å². The summed E-state index contributed by atoms with van der Waals surface area (Å²) >= 11 is 0. The van der Waals surface area contributed by atoms with Gasteiger partial charge in [0.15, 0.2) is 5.88 Å². The van der Waals surface area contributed by atoms with Crippen molar-refractivity contribution in [3.8, 4) is 34.4 Å². The van der Waals surface area contributed by atoms with E-state index in [0.717, 1.165) is 58.7 Å². The average molecular weight is 1140 g/mol. The van der Waals surface area contributed by atoms with Crippen LogP contribution in [0.1, 0.15) is 96.2 Å². The summed E-state index contributed by atoms with van der Waals surface area (Å²) in [5, 5.41) is 5.53. The molecule has 4 heterocycles. The van der Waals surface area contributed by atoms with Crippen LogP contribution >= 0.6 is 0 Å². The lowest BCUT2D eigenvalue weighted by atomic mass is 10.0. The maximum atomic E-state index is 14.6. The predicted molar refractivity (Wildman–Crippen MR) is 318 cm³/mol. The van der Waals surface area contributed by atoms with Crippen LogP contribution in [0.4, 0.5) is 9.59 Å². The Balaban J connectivity index is 1.28. The number of carbonyl (C=O) groups is 4. The summed E-state index contributed by atoms with van der Waals surface area (Å²) in [5.41, 5.74) is 4.54. The van der Waals surface area contributed by atoms with Gasteiger partial charge in [-0.05, 0) is 93.9 Å². The monoisotopic (exact) mass is 1140 g/mol. The van der Waals surface area contributed by atoms with Crippen LogP contribution in [-0.2, 0) is 46.7 Å². The zero-order valence-electron chi connectivity index (χ0n) is 50.2. The maximum Gasteiger partial charge on any atom is 0.407 e. The number of rotatable bonds is 22. The number of hydrogen-bond acceptors (Lipinski definition) is 12. The Hall–Kier alpha value is -6.41. The number of methoxy groups -OCH3 is 2. The van der Waals surface area contributed by atoms with Gasteiger partial charge in [0.05, 0.1) is 37.8 Å². The SMILES string of the molecule is C=C(OC(C)(C)C)N1CCN(C(=O)[C@@H](NC(=O)OC)C(C)C)[C@H](c2nc(-c3ccc(C#Cc4ccc(-c5cnc([C@@H]6CCCN6C(=O)[C@@H](NC(=O)OC)C(C)C)n5COCC[Si](C)(C)C)cc4)cc3)cn2COCC[Si](C)(C)C)C1. The van der Waals surface area contributed by atoms with Gasteiger partial charge in [-0.25, -0.2) is 19.6 Å². The Morgan fingerprint density at radius 1 is 0.713 bits per heavy atom. The van der Waals surface area contributed by atoms with Gasteiger partial charge in [0, 0.05) is 78.4 Å². The summed E-state index contributed by atoms with van der Waals surface area (Å²) in [5.74, 6) is 7.80. The lowest BCUT2D eigenvalue weighted by Gasteiger charge is -2.44. The third-order valence-electron chi connectivity index (χ3n) is 14.2. The van der Waals surface area contributed by atoms with Crippen molar-refractivity contribution in [3.05, 3.63) is 96.2 Å². The number of aromatic nitrogens is 4. The Bertz CT molecular complexity index is 2820. The summed E-state index contributed by atoms with van der Waals surface area (Å²) in [6, 6.07) is 15.6. The van der Waals surface area contributed by atoms with Crippen LogP contribution in [0, 0.1) is 23.7 Å². The first-order chi connectivity index (χ1) is 37.7. The number of likely N-dealkylation sites (tertiary alicyclic amines) is 1. The molecule has 2 aromatic heterocycles. The van der Waals surface area contributed by atoms with Crippen LogP contribution < -0.4 is 10.6 Å². The molecular formula is C60H89N9O9Si2. The van der Waals surface area contributed by atoms with E-state index in [-0.39, 0.29) is 43.2 Å². The molecule has 0 spiro atoms. The number of carbonyl (C=O) groups excluding carboxylic acids is 4. The molecule has 6 rings (SSSR count). The fraction of sp³-hybridized carbons (Fsp3) is 0.567. The van der Waals surface area contributed by atoms with E-state index in [1.165, 1.54) is 14.2 Å². The lowest BCUT2D eigenvalue weighted by molar-refractivity contribution is -0.141. The van der Waals surface area contributed by atoms with Crippen LogP contribution in [0.5, 0.6) is 0 Å². The van der Waals surface area contributed by atoms with Gasteiger partial charge in [0.2, 0.25) is 11.8 Å². The molecule has 4 atom stereocenters. The van der Waals surface area contributed by atoms with Gasteiger partial charge in [-0.1, -0.05) is 103 Å². The highest BCUT2D eigenvalue weighted by atomic mass is 28.3. The molecule has 0 bridgehead atoms. The van der Waals surface area contributed by atoms with Crippen LogP contribution in [0.25, 0.3) is 22.5 Å². The second-order valence-corrected chi connectivity index (χ2v) is 36.2. The van der Waals surface area contributed by atoms with Crippen LogP contribution in [0.2, 0.25) is 51.4 Å². The maximum absolute atomic E-state index is 14.6. The standard InChI is InChI=1S/C60H89N9O9Si2/c1-41(2)52(63-58(72)74-9)56(70)67-29-17-18-49(67)54-61-36-50(69(54)40-77-33-35-80(14,15)16)47-27-23-45(24-28-47)20-19-44-21-25-46(26-22-44)48-37-66(39-76-32-34-79(11,12)13)55(62-48)51-38-65(43(5)78-60(6,7)8)30-31-68(51)57(71)53(42(3)4)64-59(73)75-10/h21-28,36-37,41-42,49,51-53H,5,17-18,29-35,38-40H2,1-4,6-16H3,(H,63,72)(H,64,73)/t49-,51-,52-,53-/m0/s1. The van der Waals surface area contributed by atoms with Crippen molar-refractivity contribution in [1.29, 1.82) is 0 Å². The van der Waals surface area contributed by atoms with Crippen molar-refractivity contribution in [2.75, 3.05) is 53.6 Å².